The topological polar surface area (TPSA) is 76.8 Å². The number of anilines is 1. The van der Waals surface area contributed by atoms with Gasteiger partial charge >= 0.3 is 6.03 Å². The highest BCUT2D eigenvalue weighted by molar-refractivity contribution is 7.80. The summed E-state index contributed by atoms with van der Waals surface area (Å²) in [5, 5.41) is 2.82. The zero-order valence-corrected chi connectivity index (χ0v) is 12.0. The van der Waals surface area contributed by atoms with E-state index >= 15 is 0 Å². The maximum absolute atomic E-state index is 12.2. The Bertz CT molecular complexity index is 516. The van der Waals surface area contributed by atoms with E-state index in [4.69, 9.17) is 27.4 Å². The second kappa shape index (κ2) is 6.53. The van der Waals surface area contributed by atoms with Gasteiger partial charge in [-0.15, -0.1) is 0 Å². The van der Waals surface area contributed by atoms with Crippen LogP contribution < -0.4 is 15.8 Å². The third-order valence-corrected chi connectivity index (χ3v) is 3.26. The number of morpholine rings is 1. The van der Waals surface area contributed by atoms with Crippen molar-refractivity contribution in [1.29, 1.82) is 0 Å². The van der Waals surface area contributed by atoms with E-state index in [1.807, 2.05) is 0 Å². The Morgan fingerprint density at radius 2 is 2.15 bits per heavy atom. The van der Waals surface area contributed by atoms with E-state index in [-0.39, 0.29) is 11.0 Å². The van der Waals surface area contributed by atoms with Crippen molar-refractivity contribution in [3.63, 3.8) is 0 Å². The number of ether oxygens (including phenoxy) is 2. The SMILES string of the molecule is COc1cccc(C(N)=S)c1NC(=O)N1CCOCC1. The fourth-order valence-electron chi connectivity index (χ4n) is 1.99. The van der Waals surface area contributed by atoms with Gasteiger partial charge in [0.15, 0.2) is 0 Å². The zero-order valence-electron chi connectivity index (χ0n) is 11.2. The number of carbonyl (C=O) groups is 1. The van der Waals surface area contributed by atoms with Crippen LogP contribution in [0.4, 0.5) is 10.5 Å². The summed E-state index contributed by atoms with van der Waals surface area (Å²) < 4.78 is 10.5. The Morgan fingerprint density at radius 1 is 1.45 bits per heavy atom. The van der Waals surface area contributed by atoms with Gasteiger partial charge in [0, 0.05) is 18.7 Å². The second-order valence-corrected chi connectivity index (χ2v) is 4.72. The van der Waals surface area contributed by atoms with E-state index in [2.05, 4.69) is 5.32 Å². The lowest BCUT2D eigenvalue weighted by Gasteiger charge is -2.27. The number of carbonyl (C=O) groups excluding carboxylic acids is 1. The van der Waals surface area contributed by atoms with Crippen molar-refractivity contribution < 1.29 is 14.3 Å². The van der Waals surface area contributed by atoms with E-state index < -0.39 is 0 Å². The van der Waals surface area contributed by atoms with Crippen LogP contribution in [0.3, 0.4) is 0 Å². The molecular weight excluding hydrogens is 278 g/mol. The van der Waals surface area contributed by atoms with Gasteiger partial charge in [-0.3, -0.25) is 0 Å². The molecule has 0 aromatic heterocycles. The number of rotatable bonds is 3. The Labute approximate surface area is 122 Å². The van der Waals surface area contributed by atoms with Crippen molar-refractivity contribution in [3.8, 4) is 5.75 Å². The van der Waals surface area contributed by atoms with Gasteiger partial charge in [-0.05, 0) is 12.1 Å². The van der Waals surface area contributed by atoms with Crippen LogP contribution in [0, 0.1) is 0 Å². The number of nitrogens with two attached hydrogens (primary N) is 1. The van der Waals surface area contributed by atoms with Crippen molar-refractivity contribution in [2.75, 3.05) is 38.7 Å². The summed E-state index contributed by atoms with van der Waals surface area (Å²) in [6.07, 6.45) is 0. The Kier molecular flexibility index (Phi) is 4.75. The maximum Gasteiger partial charge on any atom is 0.322 e. The fourth-order valence-corrected chi connectivity index (χ4v) is 2.16. The smallest absolute Gasteiger partial charge is 0.322 e. The lowest BCUT2D eigenvalue weighted by molar-refractivity contribution is 0.0564. The van der Waals surface area contributed by atoms with Crippen LogP contribution in [-0.4, -0.2) is 49.3 Å². The molecule has 0 aliphatic carbocycles. The monoisotopic (exact) mass is 295 g/mol. The number of thiocarbonyl (C=S) groups is 1. The molecule has 0 unspecified atom stereocenters. The van der Waals surface area contributed by atoms with E-state index in [0.29, 0.717) is 43.3 Å². The fraction of sp³-hybridized carbons (Fsp3) is 0.385. The third kappa shape index (κ3) is 3.17. The first-order valence-corrected chi connectivity index (χ1v) is 6.64. The minimum absolute atomic E-state index is 0.209. The van der Waals surface area contributed by atoms with Crippen LogP contribution in [0.1, 0.15) is 5.56 Å². The van der Waals surface area contributed by atoms with E-state index in [1.54, 1.807) is 23.1 Å². The molecule has 2 rings (SSSR count). The summed E-state index contributed by atoms with van der Waals surface area (Å²) in [5.41, 5.74) is 6.77. The lowest BCUT2D eigenvalue weighted by atomic mass is 10.1. The molecule has 1 saturated heterocycles. The number of hydrogen-bond acceptors (Lipinski definition) is 4. The van der Waals surface area contributed by atoms with E-state index in [0.717, 1.165) is 0 Å². The Morgan fingerprint density at radius 3 is 2.75 bits per heavy atom. The Balaban J connectivity index is 2.22. The highest BCUT2D eigenvalue weighted by Gasteiger charge is 2.20. The number of hydrogen-bond donors (Lipinski definition) is 2. The number of benzene rings is 1. The first-order valence-electron chi connectivity index (χ1n) is 6.24. The van der Waals surface area contributed by atoms with Gasteiger partial charge in [-0.2, -0.15) is 0 Å². The lowest BCUT2D eigenvalue weighted by Crippen LogP contribution is -2.43. The molecule has 0 atom stereocenters. The predicted molar refractivity (Wildman–Crippen MR) is 80.3 cm³/mol. The normalized spacial score (nSPS) is 14.8. The van der Waals surface area contributed by atoms with Gasteiger partial charge in [-0.25, -0.2) is 4.79 Å². The first kappa shape index (κ1) is 14.5. The number of nitrogens with zero attached hydrogens (tertiary/aromatic N) is 1. The molecule has 1 aromatic rings. The summed E-state index contributed by atoms with van der Waals surface area (Å²) in [4.78, 5) is 14.1. The minimum atomic E-state index is -0.213. The average molecular weight is 295 g/mol. The van der Waals surface area contributed by atoms with Crippen LogP contribution in [-0.2, 0) is 4.74 Å². The standard InChI is InChI=1S/C13H17N3O3S/c1-18-10-4-2-3-9(12(14)20)11(10)15-13(17)16-5-7-19-8-6-16/h2-4H,5-8H2,1H3,(H2,14,20)(H,15,17). The van der Waals surface area contributed by atoms with Gasteiger partial charge in [0.2, 0.25) is 0 Å². The summed E-state index contributed by atoms with van der Waals surface area (Å²) in [6, 6.07) is 5.06. The molecule has 108 valence electrons. The summed E-state index contributed by atoms with van der Waals surface area (Å²) in [5.74, 6) is 0.525. The molecule has 0 radical (unpaired) electrons. The quantitative estimate of drug-likeness (QED) is 0.819. The van der Waals surface area contributed by atoms with Crippen LogP contribution in [0.2, 0.25) is 0 Å². The molecular formula is C13H17N3O3S. The molecule has 1 heterocycles. The molecule has 20 heavy (non-hydrogen) atoms. The van der Waals surface area contributed by atoms with Gasteiger partial charge in [0.25, 0.3) is 0 Å². The molecule has 0 bridgehead atoms. The van der Waals surface area contributed by atoms with Crippen LogP contribution in [0.15, 0.2) is 18.2 Å². The number of methoxy groups -OCH3 is 1. The van der Waals surface area contributed by atoms with Gasteiger partial charge in [0.1, 0.15) is 10.7 Å². The molecule has 7 heteroatoms. The van der Waals surface area contributed by atoms with Crippen molar-refractivity contribution in [2.24, 2.45) is 5.73 Å². The summed E-state index contributed by atoms with van der Waals surface area (Å²) in [6.45, 7) is 2.20. The van der Waals surface area contributed by atoms with Crippen LogP contribution in [0.5, 0.6) is 5.75 Å². The van der Waals surface area contributed by atoms with Gasteiger partial charge < -0.3 is 25.4 Å². The molecule has 1 aromatic carbocycles. The van der Waals surface area contributed by atoms with Crippen molar-refractivity contribution in [1.82, 2.24) is 4.90 Å². The molecule has 1 fully saturated rings. The number of urea groups is 1. The van der Waals surface area contributed by atoms with Crippen molar-refractivity contribution in [3.05, 3.63) is 23.8 Å². The maximum atomic E-state index is 12.2. The van der Waals surface area contributed by atoms with Gasteiger partial charge in [0.05, 0.1) is 26.0 Å². The second-order valence-electron chi connectivity index (χ2n) is 4.28. The Hall–Kier alpha value is -1.86. The number of nitrogens with one attached hydrogen (secondary N) is 1. The van der Waals surface area contributed by atoms with Crippen molar-refractivity contribution in [2.45, 2.75) is 0 Å². The molecule has 1 aliphatic rings. The highest BCUT2D eigenvalue weighted by atomic mass is 32.1. The molecule has 0 saturated carbocycles. The predicted octanol–water partition coefficient (Wildman–Crippen LogP) is 1.19. The number of para-hydroxylation sites is 1. The molecule has 2 amide bonds. The first-order chi connectivity index (χ1) is 9.63. The molecule has 1 aliphatic heterocycles. The van der Waals surface area contributed by atoms with Crippen molar-refractivity contribution >= 4 is 28.9 Å². The van der Waals surface area contributed by atoms with Crippen LogP contribution >= 0.6 is 12.2 Å². The molecule has 0 spiro atoms. The molecule has 3 N–H and O–H groups in total. The van der Waals surface area contributed by atoms with E-state index in [9.17, 15) is 4.79 Å². The average Bonchev–Trinajstić information content (AvgIpc) is 2.48. The summed E-state index contributed by atoms with van der Waals surface area (Å²) in [7, 11) is 1.53. The molecule has 6 nitrogen and oxygen atoms in total. The van der Waals surface area contributed by atoms with E-state index in [1.165, 1.54) is 7.11 Å². The summed E-state index contributed by atoms with van der Waals surface area (Å²) >= 11 is 5.00. The number of amides is 2. The van der Waals surface area contributed by atoms with Crippen LogP contribution in [0.25, 0.3) is 0 Å². The third-order valence-electron chi connectivity index (χ3n) is 3.04. The largest absolute Gasteiger partial charge is 0.495 e. The zero-order chi connectivity index (χ0) is 14.5. The highest BCUT2D eigenvalue weighted by Crippen LogP contribution is 2.28. The van der Waals surface area contributed by atoms with Gasteiger partial charge in [-0.1, -0.05) is 18.3 Å². The minimum Gasteiger partial charge on any atom is -0.495 e.